The first kappa shape index (κ1) is 9.15. The molecule has 1 aliphatic rings. The molecule has 1 saturated carbocycles. The topological polar surface area (TPSA) is 62.2 Å². The van der Waals surface area contributed by atoms with Crippen LogP contribution in [0.3, 0.4) is 0 Å². The Morgan fingerprint density at radius 2 is 2.36 bits per heavy atom. The quantitative estimate of drug-likeness (QED) is 0.748. The van der Waals surface area contributed by atoms with E-state index in [0.29, 0.717) is 12.6 Å². The highest BCUT2D eigenvalue weighted by molar-refractivity contribution is 5.85. The summed E-state index contributed by atoms with van der Waals surface area (Å²) in [5.74, 6) is -0.974. The van der Waals surface area contributed by atoms with Crippen LogP contribution in [0, 0.1) is 0 Å². The van der Waals surface area contributed by atoms with E-state index < -0.39 is 5.97 Å². The summed E-state index contributed by atoms with van der Waals surface area (Å²) < 4.78 is 0. The van der Waals surface area contributed by atoms with E-state index in [2.05, 4.69) is 10.3 Å². The molecule has 0 radical (unpaired) electrons. The lowest BCUT2D eigenvalue weighted by Gasteiger charge is -2.02. The van der Waals surface area contributed by atoms with Gasteiger partial charge in [0.05, 0.1) is 5.69 Å². The van der Waals surface area contributed by atoms with Crippen LogP contribution in [-0.2, 0) is 6.54 Å². The molecule has 1 aromatic heterocycles. The number of pyridine rings is 1. The first-order valence-electron chi connectivity index (χ1n) is 4.68. The maximum Gasteiger partial charge on any atom is 0.354 e. The highest BCUT2D eigenvalue weighted by atomic mass is 16.4. The third-order valence-corrected chi connectivity index (χ3v) is 2.18. The molecule has 0 saturated heterocycles. The standard InChI is InChI=1S/C10H12N2O2/c13-10(14)9-3-1-2-8(12-9)6-11-7-4-5-7/h1-3,7,11H,4-6H2,(H,13,14). The first-order chi connectivity index (χ1) is 6.75. The summed E-state index contributed by atoms with van der Waals surface area (Å²) in [6.45, 7) is 0.659. The Hall–Kier alpha value is -1.42. The summed E-state index contributed by atoms with van der Waals surface area (Å²) in [5.41, 5.74) is 0.900. The van der Waals surface area contributed by atoms with Crippen LogP contribution in [0.2, 0.25) is 0 Å². The van der Waals surface area contributed by atoms with Crippen molar-refractivity contribution in [1.82, 2.24) is 10.3 Å². The predicted octanol–water partition coefficient (Wildman–Crippen LogP) is 1.03. The molecule has 2 rings (SSSR count). The Kier molecular flexibility index (Phi) is 2.45. The van der Waals surface area contributed by atoms with E-state index in [9.17, 15) is 4.79 Å². The fourth-order valence-corrected chi connectivity index (χ4v) is 1.23. The number of rotatable bonds is 4. The minimum Gasteiger partial charge on any atom is -0.477 e. The number of nitrogens with one attached hydrogen (secondary N) is 1. The van der Waals surface area contributed by atoms with E-state index in [1.165, 1.54) is 18.9 Å². The molecule has 0 aromatic carbocycles. The van der Waals surface area contributed by atoms with Crippen molar-refractivity contribution in [2.24, 2.45) is 0 Å². The van der Waals surface area contributed by atoms with E-state index in [4.69, 9.17) is 5.11 Å². The largest absolute Gasteiger partial charge is 0.477 e. The molecule has 0 spiro atoms. The number of hydrogen-bond donors (Lipinski definition) is 2. The molecule has 1 aromatic rings. The van der Waals surface area contributed by atoms with Crippen LogP contribution in [0.15, 0.2) is 18.2 Å². The van der Waals surface area contributed by atoms with E-state index in [-0.39, 0.29) is 5.69 Å². The zero-order valence-electron chi connectivity index (χ0n) is 7.73. The number of aromatic carboxylic acids is 1. The zero-order valence-corrected chi connectivity index (χ0v) is 7.73. The molecule has 0 atom stereocenters. The van der Waals surface area contributed by atoms with Gasteiger partial charge in [-0.3, -0.25) is 0 Å². The van der Waals surface area contributed by atoms with Crippen LogP contribution < -0.4 is 5.32 Å². The monoisotopic (exact) mass is 192 g/mol. The number of carboxylic acid groups (broad SMARTS) is 1. The normalized spacial score (nSPS) is 15.4. The molecule has 0 amide bonds. The lowest BCUT2D eigenvalue weighted by Crippen LogP contribution is -2.17. The van der Waals surface area contributed by atoms with Crippen molar-refractivity contribution in [3.05, 3.63) is 29.6 Å². The fourth-order valence-electron chi connectivity index (χ4n) is 1.23. The van der Waals surface area contributed by atoms with Crippen LogP contribution >= 0.6 is 0 Å². The molecule has 1 fully saturated rings. The maximum absolute atomic E-state index is 10.6. The molecule has 4 heteroatoms. The minimum absolute atomic E-state index is 0.111. The Balaban J connectivity index is 2.01. The third-order valence-electron chi connectivity index (χ3n) is 2.18. The second-order valence-electron chi connectivity index (χ2n) is 3.47. The summed E-state index contributed by atoms with van der Waals surface area (Å²) in [5, 5.41) is 12.0. The minimum atomic E-state index is -0.974. The summed E-state index contributed by atoms with van der Waals surface area (Å²) in [4.78, 5) is 14.6. The maximum atomic E-state index is 10.6. The zero-order chi connectivity index (χ0) is 9.97. The van der Waals surface area contributed by atoms with E-state index >= 15 is 0 Å². The van der Waals surface area contributed by atoms with Gasteiger partial charge in [0.1, 0.15) is 5.69 Å². The van der Waals surface area contributed by atoms with Gasteiger partial charge in [0.15, 0.2) is 0 Å². The molecular formula is C10H12N2O2. The molecule has 4 nitrogen and oxygen atoms in total. The summed E-state index contributed by atoms with van der Waals surface area (Å²) >= 11 is 0. The van der Waals surface area contributed by atoms with Crippen LogP contribution in [0.25, 0.3) is 0 Å². The predicted molar refractivity (Wildman–Crippen MR) is 51.1 cm³/mol. The third kappa shape index (κ3) is 2.29. The van der Waals surface area contributed by atoms with Gasteiger partial charge in [-0.25, -0.2) is 9.78 Å². The molecule has 0 aliphatic heterocycles. The van der Waals surface area contributed by atoms with Gasteiger partial charge >= 0.3 is 5.97 Å². The Bertz CT molecular complexity index is 348. The van der Waals surface area contributed by atoms with E-state index in [1.54, 1.807) is 6.07 Å². The Labute approximate surface area is 82.0 Å². The number of aromatic nitrogens is 1. The number of nitrogens with zero attached hydrogens (tertiary/aromatic N) is 1. The van der Waals surface area contributed by atoms with Gasteiger partial charge in [-0.05, 0) is 25.0 Å². The van der Waals surface area contributed by atoms with Gasteiger partial charge in [-0.15, -0.1) is 0 Å². The molecule has 74 valence electrons. The van der Waals surface area contributed by atoms with Gasteiger partial charge in [-0.1, -0.05) is 6.07 Å². The smallest absolute Gasteiger partial charge is 0.354 e. The lowest BCUT2D eigenvalue weighted by atomic mass is 10.3. The summed E-state index contributed by atoms with van der Waals surface area (Å²) in [6.07, 6.45) is 2.44. The van der Waals surface area contributed by atoms with Crippen LogP contribution in [-0.4, -0.2) is 22.1 Å². The van der Waals surface area contributed by atoms with Crippen molar-refractivity contribution in [2.45, 2.75) is 25.4 Å². The second kappa shape index (κ2) is 3.75. The van der Waals surface area contributed by atoms with Crippen LogP contribution in [0.1, 0.15) is 29.0 Å². The van der Waals surface area contributed by atoms with E-state index in [0.717, 1.165) is 5.69 Å². The number of carbonyl (C=O) groups is 1. The van der Waals surface area contributed by atoms with Crippen molar-refractivity contribution in [1.29, 1.82) is 0 Å². The highest BCUT2D eigenvalue weighted by Crippen LogP contribution is 2.18. The van der Waals surface area contributed by atoms with Crippen molar-refractivity contribution in [3.8, 4) is 0 Å². The molecular weight excluding hydrogens is 180 g/mol. The molecule has 0 bridgehead atoms. The average molecular weight is 192 g/mol. The van der Waals surface area contributed by atoms with Gasteiger partial charge in [-0.2, -0.15) is 0 Å². The van der Waals surface area contributed by atoms with Crippen molar-refractivity contribution < 1.29 is 9.90 Å². The lowest BCUT2D eigenvalue weighted by molar-refractivity contribution is 0.0690. The van der Waals surface area contributed by atoms with E-state index in [1.807, 2.05) is 6.07 Å². The molecule has 14 heavy (non-hydrogen) atoms. The van der Waals surface area contributed by atoms with Crippen LogP contribution in [0.5, 0.6) is 0 Å². The molecule has 1 heterocycles. The first-order valence-corrected chi connectivity index (χ1v) is 4.68. The van der Waals surface area contributed by atoms with Gasteiger partial charge in [0.25, 0.3) is 0 Å². The van der Waals surface area contributed by atoms with Crippen molar-refractivity contribution in [3.63, 3.8) is 0 Å². The second-order valence-corrected chi connectivity index (χ2v) is 3.47. The Morgan fingerprint density at radius 3 is 3.00 bits per heavy atom. The summed E-state index contributed by atoms with van der Waals surface area (Å²) in [6, 6.07) is 5.68. The number of hydrogen-bond acceptors (Lipinski definition) is 3. The Morgan fingerprint density at radius 1 is 1.57 bits per heavy atom. The van der Waals surface area contributed by atoms with Gasteiger partial charge in [0, 0.05) is 12.6 Å². The van der Waals surface area contributed by atoms with Crippen LogP contribution in [0.4, 0.5) is 0 Å². The van der Waals surface area contributed by atoms with Gasteiger partial charge in [0.2, 0.25) is 0 Å². The van der Waals surface area contributed by atoms with Crippen molar-refractivity contribution in [2.75, 3.05) is 0 Å². The fraction of sp³-hybridized carbons (Fsp3) is 0.400. The SMILES string of the molecule is O=C(O)c1cccc(CNC2CC2)n1. The highest BCUT2D eigenvalue weighted by Gasteiger charge is 2.20. The van der Waals surface area contributed by atoms with Gasteiger partial charge < -0.3 is 10.4 Å². The summed E-state index contributed by atoms with van der Waals surface area (Å²) in [7, 11) is 0. The molecule has 1 aliphatic carbocycles. The average Bonchev–Trinajstić information content (AvgIpc) is 2.99. The van der Waals surface area contributed by atoms with Crippen molar-refractivity contribution >= 4 is 5.97 Å². The molecule has 2 N–H and O–H groups in total. The number of carboxylic acids is 1. The molecule has 0 unspecified atom stereocenters.